The molecule has 4 heterocycles. The van der Waals surface area contributed by atoms with Gasteiger partial charge >= 0.3 is 0 Å². The van der Waals surface area contributed by atoms with Crippen molar-refractivity contribution in [3.63, 3.8) is 0 Å². The van der Waals surface area contributed by atoms with Crippen molar-refractivity contribution in [2.24, 2.45) is 0 Å². The molecule has 0 aromatic heterocycles. The van der Waals surface area contributed by atoms with Crippen molar-refractivity contribution in [1.29, 1.82) is 0 Å². The highest BCUT2D eigenvalue weighted by molar-refractivity contribution is 7.03. The van der Waals surface area contributed by atoms with E-state index in [-0.39, 0.29) is 13.4 Å². The highest BCUT2D eigenvalue weighted by Gasteiger charge is 2.49. The zero-order chi connectivity index (χ0) is 55.3. The van der Waals surface area contributed by atoms with Crippen LogP contribution in [0.1, 0.15) is 64.2 Å². The maximum atomic E-state index is 2.97. The molecule has 6 aliphatic rings. The molecule has 8 heteroatoms. The molecule has 0 radical (unpaired) electrons. The number of benzene rings is 10. The SMILES string of the molecule is C[Si](C)(C)c1ccc(-c2cc3c4c(c2)N(c2ccccc2)c2cc5c(cc2B4c2ccccc2N3c2ccccc2)B2c3ccccc3N(c3ccccc3)c3cc(N(C4CCCCC4)C4CCCCC4)cc(c32)N5c2ccccc2)cc1. The van der Waals surface area contributed by atoms with Crippen molar-refractivity contribution >= 4 is 133 Å². The number of hydrogen-bond acceptors (Lipinski definition) is 5. The lowest BCUT2D eigenvalue weighted by molar-refractivity contribution is 0.340. The molecule has 2 fully saturated rings. The highest BCUT2D eigenvalue weighted by Crippen LogP contribution is 2.51. The molecule has 16 rings (SSSR count). The maximum Gasteiger partial charge on any atom is 0.252 e. The predicted octanol–water partition coefficient (Wildman–Crippen LogP) is 15.5. The van der Waals surface area contributed by atoms with Gasteiger partial charge in [-0.2, -0.15) is 0 Å². The second kappa shape index (κ2) is 20.2. The zero-order valence-electron chi connectivity index (χ0n) is 48.1. The van der Waals surface area contributed by atoms with Crippen molar-refractivity contribution in [2.75, 3.05) is 24.5 Å². The summed E-state index contributed by atoms with van der Waals surface area (Å²) in [7, 11) is -1.55. The van der Waals surface area contributed by atoms with Crippen molar-refractivity contribution < 1.29 is 0 Å². The summed E-state index contributed by atoms with van der Waals surface area (Å²) in [5, 5.41) is 1.47. The normalized spacial score (nSPS) is 16.1. The smallest absolute Gasteiger partial charge is 0.252 e. The first-order valence-electron chi connectivity index (χ1n) is 30.9. The first kappa shape index (κ1) is 50.3. The van der Waals surface area contributed by atoms with E-state index in [0.29, 0.717) is 12.1 Å². The Kier molecular flexibility index (Phi) is 12.2. The number of rotatable bonds is 9. The summed E-state index contributed by atoms with van der Waals surface area (Å²) < 4.78 is 0. The third kappa shape index (κ3) is 8.26. The molecule has 0 atom stereocenters. The van der Waals surface area contributed by atoms with Crippen molar-refractivity contribution in [3.8, 4) is 11.1 Å². The third-order valence-electron chi connectivity index (χ3n) is 19.4. The average molecular weight is 1090 g/mol. The molecule has 0 N–H and O–H groups in total. The standard InChI is InChI=1S/C75H69B2N5Si/c1-83(2,3)61-44-42-52(43-45-61)53-46-70-74-71(47-53)81(58-34-18-8-19-35-58)68-51-69-65(50-64(68)76(74)62-38-22-24-40-66(62)79(70)56-30-14-6-15-31-56)77-63-39-23-25-41-67(63)80(57-32-16-7-17-33-57)72-48-60(49-73(75(72)77)82(69)59-36-20-9-21-37-59)78(54-26-10-4-11-27-54)55-28-12-5-13-29-55/h6-9,14-25,30-51,54-55H,4-5,10-13,26-29H2,1-3H3. The summed E-state index contributed by atoms with van der Waals surface area (Å²) in [6, 6.07) is 89.7. The van der Waals surface area contributed by atoms with Crippen LogP contribution in [0.2, 0.25) is 19.6 Å². The minimum atomic E-state index is -1.55. The van der Waals surface area contributed by atoms with E-state index >= 15 is 0 Å². The van der Waals surface area contributed by atoms with Crippen LogP contribution in [0.3, 0.4) is 0 Å². The maximum absolute atomic E-state index is 2.97. The molecule has 0 amide bonds. The van der Waals surface area contributed by atoms with Gasteiger partial charge in [0.1, 0.15) is 0 Å². The van der Waals surface area contributed by atoms with Crippen LogP contribution in [-0.2, 0) is 0 Å². The van der Waals surface area contributed by atoms with Gasteiger partial charge in [-0.1, -0.05) is 203 Å². The average Bonchev–Trinajstić information content (AvgIpc) is 1.98. The number of para-hydroxylation sites is 6. The zero-order valence-corrected chi connectivity index (χ0v) is 49.1. The Labute approximate surface area is 492 Å². The topological polar surface area (TPSA) is 16.2 Å². The number of anilines is 13. The molecular weight excluding hydrogens is 1020 g/mol. The third-order valence-corrected chi connectivity index (χ3v) is 21.5. The molecule has 0 spiro atoms. The van der Waals surface area contributed by atoms with Crippen LogP contribution in [-0.4, -0.2) is 33.6 Å². The van der Waals surface area contributed by atoms with Crippen molar-refractivity contribution in [2.45, 2.75) is 95.9 Å². The summed E-state index contributed by atoms with van der Waals surface area (Å²) in [4.78, 5) is 13.4. The Morgan fingerprint density at radius 2 is 0.687 bits per heavy atom. The predicted molar refractivity (Wildman–Crippen MR) is 359 cm³/mol. The van der Waals surface area contributed by atoms with Crippen molar-refractivity contribution in [3.05, 3.63) is 231 Å². The molecule has 404 valence electrons. The highest BCUT2D eigenvalue weighted by atomic mass is 28.3. The van der Waals surface area contributed by atoms with Gasteiger partial charge < -0.3 is 24.5 Å². The van der Waals surface area contributed by atoms with E-state index in [1.165, 1.54) is 176 Å². The number of nitrogens with zero attached hydrogens (tertiary/aromatic N) is 5. The van der Waals surface area contributed by atoms with Crippen molar-refractivity contribution in [1.82, 2.24) is 0 Å². The minimum absolute atomic E-state index is 0.0458. The van der Waals surface area contributed by atoms with Crippen LogP contribution < -0.4 is 62.5 Å². The fourth-order valence-corrected chi connectivity index (χ4v) is 16.9. The van der Waals surface area contributed by atoms with Crippen LogP contribution in [0.4, 0.5) is 73.9 Å². The fraction of sp³-hybridized carbons (Fsp3) is 0.200. The Balaban J connectivity index is 1.01. The summed E-state index contributed by atoms with van der Waals surface area (Å²) in [5.74, 6) is 0. The first-order valence-corrected chi connectivity index (χ1v) is 34.4. The first-order chi connectivity index (χ1) is 40.9. The van der Waals surface area contributed by atoms with Gasteiger partial charge in [0.05, 0.1) is 8.07 Å². The minimum Gasteiger partial charge on any atom is -0.365 e. The van der Waals surface area contributed by atoms with E-state index in [9.17, 15) is 0 Å². The Morgan fingerprint density at radius 3 is 1.08 bits per heavy atom. The lowest BCUT2D eigenvalue weighted by atomic mass is 9.30. The lowest BCUT2D eigenvalue weighted by Gasteiger charge is -2.48. The molecule has 10 aromatic carbocycles. The van der Waals surface area contributed by atoms with Gasteiger partial charge in [0.15, 0.2) is 0 Å². The van der Waals surface area contributed by atoms with Gasteiger partial charge in [-0.05, 0) is 161 Å². The largest absolute Gasteiger partial charge is 0.365 e. The van der Waals surface area contributed by atoms with E-state index < -0.39 is 8.07 Å². The molecule has 10 aromatic rings. The summed E-state index contributed by atoms with van der Waals surface area (Å²) >= 11 is 0. The van der Waals surface area contributed by atoms with E-state index in [2.05, 4.69) is 275 Å². The van der Waals surface area contributed by atoms with Gasteiger partial charge in [-0.3, -0.25) is 0 Å². The number of fused-ring (bicyclic) bond motifs is 8. The van der Waals surface area contributed by atoms with Crippen LogP contribution >= 0.6 is 0 Å². The molecule has 5 nitrogen and oxygen atoms in total. The van der Waals surface area contributed by atoms with Gasteiger partial charge in [-0.25, -0.2) is 0 Å². The molecule has 0 saturated heterocycles. The molecule has 0 bridgehead atoms. The van der Waals surface area contributed by atoms with E-state index in [4.69, 9.17) is 0 Å². The van der Waals surface area contributed by atoms with Crippen LogP contribution in [0.15, 0.2) is 231 Å². The molecule has 83 heavy (non-hydrogen) atoms. The summed E-state index contributed by atoms with van der Waals surface area (Å²) in [6.45, 7) is 7.22. The van der Waals surface area contributed by atoms with Gasteiger partial charge in [0.25, 0.3) is 13.4 Å². The lowest BCUT2D eigenvalue weighted by Crippen LogP contribution is -2.65. The molecule has 4 aliphatic heterocycles. The molecule has 2 saturated carbocycles. The molecule has 2 aliphatic carbocycles. The Hall–Kier alpha value is -8.45. The second-order valence-electron chi connectivity index (χ2n) is 25.3. The second-order valence-corrected chi connectivity index (χ2v) is 30.4. The fourth-order valence-electron chi connectivity index (χ4n) is 15.7. The van der Waals surface area contributed by atoms with E-state index in [0.717, 1.165) is 11.4 Å². The van der Waals surface area contributed by atoms with Gasteiger partial charge in [0, 0.05) is 86.0 Å². The van der Waals surface area contributed by atoms with Crippen LogP contribution in [0.5, 0.6) is 0 Å². The van der Waals surface area contributed by atoms with E-state index in [1.807, 2.05) is 0 Å². The number of hydrogen-bond donors (Lipinski definition) is 0. The van der Waals surface area contributed by atoms with Gasteiger partial charge in [0.2, 0.25) is 0 Å². The quantitative estimate of drug-likeness (QED) is 0.134. The summed E-state index contributed by atoms with van der Waals surface area (Å²) in [6.07, 6.45) is 12.9. The van der Waals surface area contributed by atoms with Crippen LogP contribution in [0, 0.1) is 0 Å². The van der Waals surface area contributed by atoms with Gasteiger partial charge in [-0.15, -0.1) is 0 Å². The molecule has 0 unspecified atom stereocenters. The molecular formula is C75H69B2N5Si. The summed E-state index contributed by atoms with van der Waals surface area (Å²) in [5.41, 5.74) is 26.4. The Bertz CT molecular complexity index is 4060. The van der Waals surface area contributed by atoms with E-state index in [1.54, 1.807) is 0 Å². The van der Waals surface area contributed by atoms with Crippen LogP contribution in [0.25, 0.3) is 11.1 Å². The monoisotopic (exact) mass is 1090 g/mol. The Morgan fingerprint density at radius 1 is 0.325 bits per heavy atom.